The molecule has 0 N–H and O–H groups in total. The van der Waals surface area contributed by atoms with Gasteiger partial charge in [-0.2, -0.15) is 0 Å². The third-order valence-corrected chi connectivity index (χ3v) is 6.73. The van der Waals surface area contributed by atoms with Crippen LogP contribution in [0.2, 0.25) is 8.87 Å². The molecule has 0 saturated carbocycles. The molecule has 0 aromatic heterocycles. The summed E-state index contributed by atoms with van der Waals surface area (Å²) in [5, 5.41) is 3.13. The van der Waals surface area contributed by atoms with Crippen LogP contribution in [-0.2, 0) is 9.59 Å². The van der Waals surface area contributed by atoms with E-state index in [1.54, 1.807) is 19.6 Å². The normalized spacial score (nSPS) is 8.48. The average Bonchev–Trinajstić information content (AvgIpc) is 2.52. The predicted molar refractivity (Wildman–Crippen MR) is 103 cm³/mol. The molecule has 0 rings (SSSR count). The van der Waals surface area contributed by atoms with Gasteiger partial charge in [0, 0.05) is 12.8 Å². The van der Waals surface area contributed by atoms with E-state index < -0.39 is 0 Å². The van der Waals surface area contributed by atoms with Gasteiger partial charge in [0.05, 0.1) is 0 Å². The summed E-state index contributed by atoms with van der Waals surface area (Å²) in [7, 11) is 0. The number of hydrogen-bond donors (Lipinski definition) is 0. The van der Waals surface area contributed by atoms with Gasteiger partial charge in [0.25, 0.3) is 0 Å². The van der Waals surface area contributed by atoms with Crippen molar-refractivity contribution < 1.29 is 9.59 Å². The van der Waals surface area contributed by atoms with Gasteiger partial charge in [0.1, 0.15) is 12.6 Å². The van der Waals surface area contributed by atoms with E-state index in [1.165, 1.54) is 25.7 Å². The number of rotatable bonds is 12. The van der Waals surface area contributed by atoms with E-state index >= 15 is 0 Å². The van der Waals surface area contributed by atoms with E-state index in [0.29, 0.717) is 12.8 Å². The maximum absolute atomic E-state index is 9.50. The summed E-state index contributed by atoms with van der Waals surface area (Å²) in [6.07, 6.45) is 10.2. The predicted octanol–water partition coefficient (Wildman–Crippen LogP) is 5.06. The molecule has 2 nitrogen and oxygen atoms in total. The SMILES string of the molecule is CCC[CH2][Sn][CH2]CCC.O=CCCC=S.O=CCCC=S. The van der Waals surface area contributed by atoms with Crippen molar-refractivity contribution in [1.82, 2.24) is 0 Å². The molecule has 5 heteroatoms. The van der Waals surface area contributed by atoms with E-state index in [4.69, 9.17) is 0 Å². The van der Waals surface area contributed by atoms with Crippen LogP contribution in [0.25, 0.3) is 0 Å². The zero-order valence-corrected chi connectivity index (χ0v) is 18.0. The molecule has 0 aliphatic heterocycles. The molecule has 0 spiro atoms. The van der Waals surface area contributed by atoms with Crippen LogP contribution < -0.4 is 0 Å². The molecule has 0 bridgehead atoms. The molecule has 0 aliphatic carbocycles. The first-order valence-corrected chi connectivity index (χ1v) is 12.7. The van der Waals surface area contributed by atoms with Gasteiger partial charge >= 0.3 is 69.5 Å². The Hall–Kier alpha value is 0.319. The van der Waals surface area contributed by atoms with Gasteiger partial charge in [0.15, 0.2) is 0 Å². The van der Waals surface area contributed by atoms with Crippen LogP contribution in [0.5, 0.6) is 0 Å². The Morgan fingerprint density at radius 2 is 1.14 bits per heavy atom. The van der Waals surface area contributed by atoms with Crippen LogP contribution in [0.4, 0.5) is 0 Å². The molecule has 122 valence electrons. The fourth-order valence-corrected chi connectivity index (χ4v) is 5.43. The van der Waals surface area contributed by atoms with Gasteiger partial charge in [-0.25, -0.2) is 0 Å². The van der Waals surface area contributed by atoms with Crippen molar-refractivity contribution in [3.8, 4) is 0 Å². The van der Waals surface area contributed by atoms with E-state index in [1.807, 2.05) is 0 Å². The molecule has 2 radical (unpaired) electrons. The van der Waals surface area contributed by atoms with Gasteiger partial charge in [0.2, 0.25) is 0 Å². The number of carbonyl (C=O) groups is 2. The van der Waals surface area contributed by atoms with Crippen molar-refractivity contribution in [2.45, 2.75) is 74.1 Å². The summed E-state index contributed by atoms with van der Waals surface area (Å²) in [4.78, 5) is 19.0. The van der Waals surface area contributed by atoms with Crippen molar-refractivity contribution in [2.75, 3.05) is 0 Å². The first-order chi connectivity index (χ1) is 10.2. The molecule has 0 heterocycles. The number of hydrogen-bond acceptors (Lipinski definition) is 4. The number of aldehydes is 2. The summed E-state index contributed by atoms with van der Waals surface area (Å²) in [5.74, 6) is 0. The summed E-state index contributed by atoms with van der Waals surface area (Å²) >= 11 is 9.02. The fraction of sp³-hybridized carbons (Fsp3) is 0.750. The van der Waals surface area contributed by atoms with Crippen LogP contribution >= 0.6 is 24.4 Å². The third-order valence-electron chi connectivity index (χ3n) is 2.22. The van der Waals surface area contributed by atoms with Gasteiger partial charge in [-0.05, 0) is 23.6 Å². The zero-order chi connectivity index (χ0) is 16.6. The standard InChI is InChI=1S/2C4H6OS.2C4H9.Sn/c2*5-3-1-2-4-6;2*1-3-4-2;/h2*3-4H,1-2H2;2*1,3-4H2,2H3;. The molecule has 0 atom stereocenters. The average molecular weight is 437 g/mol. The second-order valence-electron chi connectivity index (χ2n) is 4.28. The molecule has 0 aromatic rings. The van der Waals surface area contributed by atoms with Crippen LogP contribution in [0, 0.1) is 0 Å². The second kappa shape index (κ2) is 32.3. The van der Waals surface area contributed by atoms with Crippen LogP contribution in [0.1, 0.15) is 65.2 Å². The molecule has 0 saturated heterocycles. The smallest absolute Gasteiger partial charge is 0.120 e. The number of carbonyl (C=O) groups excluding carboxylic acids is 2. The van der Waals surface area contributed by atoms with Crippen molar-refractivity contribution in [3.05, 3.63) is 0 Å². The maximum atomic E-state index is 9.50. The molecule has 0 amide bonds. The van der Waals surface area contributed by atoms with Crippen molar-refractivity contribution in [2.24, 2.45) is 0 Å². The Morgan fingerprint density at radius 1 is 0.762 bits per heavy atom. The molecular formula is C16H30O2S2Sn. The van der Waals surface area contributed by atoms with E-state index in [0.717, 1.165) is 25.4 Å². The number of unbranched alkanes of at least 4 members (excludes halogenated alkanes) is 4. The fourth-order valence-electron chi connectivity index (χ4n) is 1.00. The van der Waals surface area contributed by atoms with Crippen molar-refractivity contribution in [3.63, 3.8) is 0 Å². The van der Waals surface area contributed by atoms with Crippen molar-refractivity contribution >= 4 is 68.9 Å². The molecular weight excluding hydrogens is 407 g/mol. The van der Waals surface area contributed by atoms with Gasteiger partial charge in [-0.3, -0.25) is 0 Å². The van der Waals surface area contributed by atoms with Crippen molar-refractivity contribution in [1.29, 1.82) is 0 Å². The minimum Gasteiger partial charge on any atom is -0.303 e. The van der Waals surface area contributed by atoms with Gasteiger partial charge in [-0.15, -0.1) is 0 Å². The molecule has 0 aliphatic rings. The minimum atomic E-state index is 0.149. The molecule has 0 aromatic carbocycles. The van der Waals surface area contributed by atoms with Crippen LogP contribution in [0.15, 0.2) is 0 Å². The molecule has 0 unspecified atom stereocenters. The Labute approximate surface area is 152 Å². The largest absolute Gasteiger partial charge is 0.303 e. The number of thiocarbonyl (C=S) groups is 2. The van der Waals surface area contributed by atoms with Gasteiger partial charge in [-0.1, -0.05) is 24.4 Å². The summed E-state index contributed by atoms with van der Waals surface area (Å²) < 4.78 is 3.25. The minimum absolute atomic E-state index is 0.149. The first-order valence-electron chi connectivity index (χ1n) is 7.70. The zero-order valence-electron chi connectivity index (χ0n) is 13.5. The third kappa shape index (κ3) is 44.9. The van der Waals surface area contributed by atoms with E-state index in [-0.39, 0.29) is 21.1 Å². The summed E-state index contributed by atoms with van der Waals surface area (Å²) in [6, 6.07) is 0. The Bertz CT molecular complexity index is 186. The summed E-state index contributed by atoms with van der Waals surface area (Å²) in [5.41, 5.74) is 0. The quantitative estimate of drug-likeness (QED) is 0.185. The Kier molecular flexibility index (Phi) is 40.4. The van der Waals surface area contributed by atoms with Crippen LogP contribution in [-0.4, -0.2) is 44.4 Å². The molecule has 21 heavy (non-hydrogen) atoms. The van der Waals surface area contributed by atoms with E-state index in [2.05, 4.69) is 38.3 Å². The Morgan fingerprint density at radius 3 is 1.33 bits per heavy atom. The summed E-state index contributed by atoms with van der Waals surface area (Å²) in [6.45, 7) is 4.58. The maximum Gasteiger partial charge on any atom is 0.120 e. The van der Waals surface area contributed by atoms with E-state index in [9.17, 15) is 9.59 Å². The van der Waals surface area contributed by atoms with Gasteiger partial charge < -0.3 is 9.59 Å². The van der Waals surface area contributed by atoms with Crippen LogP contribution in [0.3, 0.4) is 0 Å². The monoisotopic (exact) mass is 438 g/mol. The molecule has 0 fully saturated rings. The first kappa shape index (κ1) is 26.2. The second-order valence-corrected chi connectivity index (χ2v) is 9.23. The Balaban J connectivity index is -0.000000240. The topological polar surface area (TPSA) is 34.1 Å².